The second-order valence-electron chi connectivity index (χ2n) is 5.00. The Bertz CT molecular complexity index is 600. The minimum absolute atomic E-state index is 0.252. The predicted molar refractivity (Wildman–Crippen MR) is 87.6 cm³/mol. The van der Waals surface area contributed by atoms with Gasteiger partial charge in [0.1, 0.15) is 5.51 Å². The van der Waals surface area contributed by atoms with Crippen molar-refractivity contribution < 1.29 is 4.79 Å². The Morgan fingerprint density at radius 1 is 1.22 bits per heavy atom. The maximum Gasteiger partial charge on any atom is 0.321 e. The fraction of sp³-hybridized carbons (Fsp3) is 0.462. The summed E-state index contributed by atoms with van der Waals surface area (Å²) in [4.78, 5) is 24.7. The van der Waals surface area contributed by atoms with E-state index < -0.39 is 0 Å². The SMILES string of the molecule is O=C(NCCN1CCN(c2ncccn2)CC1)Nc1nncs1. The molecule has 0 unspecified atom stereocenters. The van der Waals surface area contributed by atoms with Gasteiger partial charge in [0, 0.05) is 51.7 Å². The average Bonchev–Trinajstić information content (AvgIpc) is 3.09. The van der Waals surface area contributed by atoms with Crippen molar-refractivity contribution >= 4 is 28.4 Å². The zero-order valence-electron chi connectivity index (χ0n) is 12.6. The summed E-state index contributed by atoms with van der Waals surface area (Å²) in [5.41, 5.74) is 1.57. The molecule has 1 aliphatic heterocycles. The molecule has 9 nitrogen and oxygen atoms in total. The molecule has 1 aliphatic rings. The minimum Gasteiger partial charge on any atom is -0.338 e. The van der Waals surface area contributed by atoms with E-state index in [1.807, 2.05) is 6.07 Å². The first-order valence-corrected chi connectivity index (χ1v) is 8.24. The van der Waals surface area contributed by atoms with Gasteiger partial charge in [0.15, 0.2) is 0 Å². The lowest BCUT2D eigenvalue weighted by atomic mass is 10.3. The van der Waals surface area contributed by atoms with E-state index in [9.17, 15) is 4.79 Å². The summed E-state index contributed by atoms with van der Waals surface area (Å²) in [5, 5.41) is 13.4. The molecule has 3 rings (SSSR count). The summed E-state index contributed by atoms with van der Waals surface area (Å²) in [7, 11) is 0. The van der Waals surface area contributed by atoms with Gasteiger partial charge in [-0.2, -0.15) is 0 Å². The number of nitrogens with one attached hydrogen (secondary N) is 2. The molecule has 0 spiro atoms. The van der Waals surface area contributed by atoms with E-state index in [1.54, 1.807) is 17.9 Å². The Hall–Kier alpha value is -2.33. The summed E-state index contributed by atoms with van der Waals surface area (Å²) in [6.45, 7) is 5.04. The number of carbonyl (C=O) groups is 1. The minimum atomic E-state index is -0.252. The molecule has 0 bridgehead atoms. The molecule has 0 radical (unpaired) electrons. The Morgan fingerprint density at radius 3 is 2.70 bits per heavy atom. The van der Waals surface area contributed by atoms with Crippen molar-refractivity contribution in [2.45, 2.75) is 0 Å². The van der Waals surface area contributed by atoms with E-state index in [0.717, 1.165) is 38.7 Å². The molecular weight excluding hydrogens is 316 g/mol. The Morgan fingerprint density at radius 2 is 2.00 bits per heavy atom. The number of hydrogen-bond acceptors (Lipinski definition) is 8. The molecule has 3 heterocycles. The fourth-order valence-electron chi connectivity index (χ4n) is 2.32. The lowest BCUT2D eigenvalue weighted by molar-refractivity contribution is 0.240. The van der Waals surface area contributed by atoms with Crippen LogP contribution in [0.4, 0.5) is 15.9 Å². The standard InChI is InChI=1S/C13H18N8OS/c22-12(18-13-19-17-10-23-13)16-4-5-20-6-8-21(9-7-20)11-14-2-1-3-15-11/h1-3,10H,4-9H2,(H2,16,18,19,22). The highest BCUT2D eigenvalue weighted by Gasteiger charge is 2.18. The second kappa shape index (κ2) is 7.79. The summed E-state index contributed by atoms with van der Waals surface area (Å²) < 4.78 is 0. The highest BCUT2D eigenvalue weighted by molar-refractivity contribution is 7.13. The summed E-state index contributed by atoms with van der Waals surface area (Å²) in [5.74, 6) is 0.779. The molecule has 2 aromatic rings. The van der Waals surface area contributed by atoms with Crippen molar-refractivity contribution in [3.63, 3.8) is 0 Å². The average molecular weight is 334 g/mol. The lowest BCUT2D eigenvalue weighted by Crippen LogP contribution is -2.49. The van der Waals surface area contributed by atoms with Crippen LogP contribution in [0.3, 0.4) is 0 Å². The molecule has 0 atom stereocenters. The number of nitrogens with zero attached hydrogens (tertiary/aromatic N) is 6. The molecule has 0 aromatic carbocycles. The van der Waals surface area contributed by atoms with Gasteiger partial charge in [-0.15, -0.1) is 10.2 Å². The Kier molecular flexibility index (Phi) is 5.27. The number of rotatable bonds is 5. The van der Waals surface area contributed by atoms with Crippen molar-refractivity contribution in [2.75, 3.05) is 49.5 Å². The molecule has 1 saturated heterocycles. The molecule has 2 amide bonds. The van der Waals surface area contributed by atoms with Gasteiger partial charge in [-0.1, -0.05) is 11.3 Å². The third-order valence-electron chi connectivity index (χ3n) is 3.50. The molecule has 0 aliphatic carbocycles. The molecule has 2 N–H and O–H groups in total. The van der Waals surface area contributed by atoms with Crippen molar-refractivity contribution in [2.24, 2.45) is 0 Å². The zero-order valence-corrected chi connectivity index (χ0v) is 13.4. The van der Waals surface area contributed by atoms with E-state index >= 15 is 0 Å². The van der Waals surface area contributed by atoms with Gasteiger partial charge < -0.3 is 10.2 Å². The van der Waals surface area contributed by atoms with E-state index in [-0.39, 0.29) is 6.03 Å². The van der Waals surface area contributed by atoms with Crippen LogP contribution in [0.1, 0.15) is 0 Å². The van der Waals surface area contributed by atoms with E-state index in [2.05, 4.69) is 40.6 Å². The van der Waals surface area contributed by atoms with Gasteiger partial charge in [-0.3, -0.25) is 10.2 Å². The largest absolute Gasteiger partial charge is 0.338 e. The van der Waals surface area contributed by atoms with Gasteiger partial charge in [0.2, 0.25) is 11.1 Å². The van der Waals surface area contributed by atoms with Crippen molar-refractivity contribution in [1.82, 2.24) is 30.4 Å². The topological polar surface area (TPSA) is 99.2 Å². The third-order valence-corrected chi connectivity index (χ3v) is 4.11. The number of piperazine rings is 1. The van der Waals surface area contributed by atoms with Gasteiger partial charge in [0.05, 0.1) is 0 Å². The van der Waals surface area contributed by atoms with Crippen LogP contribution in [-0.2, 0) is 0 Å². The van der Waals surface area contributed by atoms with Crippen LogP contribution in [0.2, 0.25) is 0 Å². The normalized spacial score (nSPS) is 15.4. The van der Waals surface area contributed by atoms with Crippen LogP contribution in [0.15, 0.2) is 24.0 Å². The molecule has 10 heteroatoms. The molecule has 2 aromatic heterocycles. The van der Waals surface area contributed by atoms with Gasteiger partial charge >= 0.3 is 6.03 Å². The van der Waals surface area contributed by atoms with Gasteiger partial charge in [-0.05, 0) is 6.07 Å². The summed E-state index contributed by atoms with van der Waals surface area (Å²) in [6, 6.07) is 1.57. The monoisotopic (exact) mass is 334 g/mol. The Labute approximate surface area is 137 Å². The second-order valence-corrected chi connectivity index (χ2v) is 5.84. The van der Waals surface area contributed by atoms with Crippen molar-refractivity contribution in [3.05, 3.63) is 24.0 Å². The van der Waals surface area contributed by atoms with E-state index in [0.29, 0.717) is 11.7 Å². The number of aromatic nitrogens is 4. The molecular formula is C13H18N8OS. The molecule has 23 heavy (non-hydrogen) atoms. The lowest BCUT2D eigenvalue weighted by Gasteiger charge is -2.34. The summed E-state index contributed by atoms with van der Waals surface area (Å²) in [6.07, 6.45) is 3.52. The van der Waals surface area contributed by atoms with Crippen molar-refractivity contribution in [1.29, 1.82) is 0 Å². The zero-order chi connectivity index (χ0) is 15.9. The van der Waals surface area contributed by atoms with Gasteiger partial charge in [0.25, 0.3) is 0 Å². The fourth-order valence-corrected chi connectivity index (χ4v) is 2.76. The molecule has 0 saturated carbocycles. The maximum atomic E-state index is 11.7. The van der Waals surface area contributed by atoms with E-state index in [1.165, 1.54) is 11.3 Å². The Balaban J connectivity index is 1.34. The molecule has 122 valence electrons. The quantitative estimate of drug-likeness (QED) is 0.810. The number of amides is 2. The first-order valence-electron chi connectivity index (χ1n) is 7.36. The number of anilines is 2. The van der Waals surface area contributed by atoms with Crippen molar-refractivity contribution in [3.8, 4) is 0 Å². The van der Waals surface area contributed by atoms with Crippen LogP contribution >= 0.6 is 11.3 Å². The predicted octanol–water partition coefficient (Wildman–Crippen LogP) is 0.272. The van der Waals surface area contributed by atoms with Crippen LogP contribution in [0.25, 0.3) is 0 Å². The highest BCUT2D eigenvalue weighted by atomic mass is 32.1. The van der Waals surface area contributed by atoms with Crippen LogP contribution in [0.5, 0.6) is 0 Å². The molecule has 1 fully saturated rings. The summed E-state index contributed by atoms with van der Waals surface area (Å²) >= 11 is 1.29. The van der Waals surface area contributed by atoms with Crippen LogP contribution in [-0.4, -0.2) is 70.4 Å². The number of hydrogen-bond donors (Lipinski definition) is 2. The van der Waals surface area contributed by atoms with E-state index in [4.69, 9.17) is 0 Å². The number of carbonyl (C=O) groups excluding carboxylic acids is 1. The highest BCUT2D eigenvalue weighted by Crippen LogP contribution is 2.09. The van der Waals surface area contributed by atoms with Gasteiger partial charge in [-0.25, -0.2) is 14.8 Å². The smallest absolute Gasteiger partial charge is 0.321 e. The number of urea groups is 1. The first-order chi connectivity index (χ1) is 11.3. The third kappa shape index (κ3) is 4.57. The maximum absolute atomic E-state index is 11.7. The first kappa shape index (κ1) is 15.6. The van der Waals surface area contributed by atoms with Crippen LogP contribution in [0, 0.1) is 0 Å². The van der Waals surface area contributed by atoms with Crippen LogP contribution < -0.4 is 15.5 Å².